The van der Waals surface area contributed by atoms with Crippen molar-refractivity contribution in [3.05, 3.63) is 35.9 Å². The molecule has 0 atom stereocenters. The number of nitrogens with zero attached hydrogens (tertiary/aromatic N) is 2. The SMILES string of the molecule is C/C(=N\N(C)[Si](C)(C)C)C(=O)c1ccccc1. The van der Waals surface area contributed by atoms with Gasteiger partial charge in [0.05, 0.1) is 0 Å². The molecule has 4 heteroatoms. The number of rotatable bonds is 4. The zero-order valence-electron chi connectivity index (χ0n) is 11.2. The normalized spacial score (nSPS) is 12.4. The van der Waals surface area contributed by atoms with E-state index in [1.54, 1.807) is 6.92 Å². The first kappa shape index (κ1) is 13.6. The van der Waals surface area contributed by atoms with Crippen molar-refractivity contribution in [1.29, 1.82) is 0 Å². The van der Waals surface area contributed by atoms with E-state index in [9.17, 15) is 4.79 Å². The van der Waals surface area contributed by atoms with Gasteiger partial charge in [-0.1, -0.05) is 50.0 Å². The smallest absolute Gasteiger partial charge is 0.208 e. The molecule has 0 saturated heterocycles. The van der Waals surface area contributed by atoms with E-state index in [-0.39, 0.29) is 5.78 Å². The predicted molar refractivity (Wildman–Crippen MR) is 75.0 cm³/mol. The first-order valence-corrected chi connectivity index (χ1v) is 9.16. The molecule has 1 rings (SSSR count). The molecule has 0 saturated carbocycles. The van der Waals surface area contributed by atoms with Crippen LogP contribution in [0, 0.1) is 0 Å². The molecule has 3 nitrogen and oxygen atoms in total. The minimum atomic E-state index is -1.48. The van der Waals surface area contributed by atoms with Crippen molar-refractivity contribution in [2.75, 3.05) is 7.05 Å². The molecule has 0 amide bonds. The first-order valence-electron chi connectivity index (χ1n) is 5.71. The van der Waals surface area contributed by atoms with Crippen LogP contribution in [0.5, 0.6) is 0 Å². The lowest BCUT2D eigenvalue weighted by Crippen LogP contribution is -2.40. The van der Waals surface area contributed by atoms with Crippen LogP contribution in [-0.2, 0) is 0 Å². The molecule has 0 heterocycles. The standard InChI is InChI=1S/C13H20N2OSi/c1-11(14-15(2)17(3,4)5)13(16)12-9-7-6-8-10-12/h6-10H,1-5H3/b14-11+. The summed E-state index contributed by atoms with van der Waals surface area (Å²) in [5.41, 5.74) is 1.24. The Bertz CT molecular complexity index is 421. The molecule has 1 aromatic rings. The molecule has 0 spiro atoms. The Balaban J connectivity index is 2.88. The van der Waals surface area contributed by atoms with E-state index < -0.39 is 8.24 Å². The average Bonchev–Trinajstić information content (AvgIpc) is 2.27. The topological polar surface area (TPSA) is 32.7 Å². The fraction of sp³-hybridized carbons (Fsp3) is 0.385. The molecule has 1 aromatic carbocycles. The molecule has 0 aromatic heterocycles. The zero-order chi connectivity index (χ0) is 13.1. The second-order valence-corrected chi connectivity index (χ2v) is 10.1. The van der Waals surface area contributed by atoms with Crippen molar-refractivity contribution in [2.24, 2.45) is 5.10 Å². The molecule has 17 heavy (non-hydrogen) atoms. The Labute approximate surface area is 104 Å². The summed E-state index contributed by atoms with van der Waals surface area (Å²) in [5.74, 6) is -0.00398. The van der Waals surface area contributed by atoms with Gasteiger partial charge >= 0.3 is 0 Å². The second-order valence-electron chi connectivity index (χ2n) is 5.07. The number of ketones is 1. The van der Waals surface area contributed by atoms with E-state index in [0.717, 1.165) is 0 Å². The number of hydrazone groups is 1. The lowest BCUT2D eigenvalue weighted by atomic mass is 10.1. The van der Waals surface area contributed by atoms with Gasteiger partial charge in [0.1, 0.15) is 5.71 Å². The lowest BCUT2D eigenvalue weighted by Gasteiger charge is -2.27. The van der Waals surface area contributed by atoms with Crippen LogP contribution in [0.2, 0.25) is 19.6 Å². The molecule has 0 N–H and O–H groups in total. The second kappa shape index (κ2) is 5.27. The number of Topliss-reactive ketones (excluding diaryl/α,β-unsaturated/α-hetero) is 1. The number of hydrogen-bond donors (Lipinski definition) is 0. The van der Waals surface area contributed by atoms with Crippen LogP contribution in [0.4, 0.5) is 0 Å². The minimum absolute atomic E-state index is 0.00398. The third kappa shape index (κ3) is 3.82. The Morgan fingerprint density at radius 3 is 2.18 bits per heavy atom. The maximum atomic E-state index is 12.1. The predicted octanol–water partition coefficient (Wildman–Crippen LogP) is 3.01. The lowest BCUT2D eigenvalue weighted by molar-refractivity contribution is 0.106. The summed E-state index contributed by atoms with van der Waals surface area (Å²) in [6, 6.07) is 9.26. The van der Waals surface area contributed by atoms with Crippen LogP contribution in [-0.4, -0.2) is 31.5 Å². The quantitative estimate of drug-likeness (QED) is 0.355. The molecule has 0 aliphatic heterocycles. The summed E-state index contributed by atoms with van der Waals surface area (Å²) >= 11 is 0. The Morgan fingerprint density at radius 1 is 1.18 bits per heavy atom. The monoisotopic (exact) mass is 248 g/mol. The number of hydrogen-bond acceptors (Lipinski definition) is 3. The summed E-state index contributed by atoms with van der Waals surface area (Å²) in [5, 5.41) is 4.39. The number of benzene rings is 1. The van der Waals surface area contributed by atoms with Crippen molar-refractivity contribution >= 4 is 19.7 Å². The van der Waals surface area contributed by atoms with Crippen LogP contribution in [0.25, 0.3) is 0 Å². The fourth-order valence-electron chi connectivity index (χ4n) is 1.22. The summed E-state index contributed by atoms with van der Waals surface area (Å²) in [7, 11) is 0.462. The highest BCUT2D eigenvalue weighted by Gasteiger charge is 2.20. The van der Waals surface area contributed by atoms with E-state index in [2.05, 4.69) is 24.7 Å². The highest BCUT2D eigenvalue weighted by atomic mass is 28.3. The van der Waals surface area contributed by atoms with Gasteiger partial charge in [0.15, 0.2) is 8.24 Å². The highest BCUT2D eigenvalue weighted by Crippen LogP contribution is 2.08. The molecule has 92 valence electrons. The summed E-state index contributed by atoms with van der Waals surface area (Å²) < 4.78 is 1.95. The van der Waals surface area contributed by atoms with Gasteiger partial charge in [0.25, 0.3) is 0 Å². The Kier molecular flexibility index (Phi) is 4.23. The van der Waals surface area contributed by atoms with Gasteiger partial charge in [0, 0.05) is 12.6 Å². The average molecular weight is 248 g/mol. The summed E-state index contributed by atoms with van der Waals surface area (Å²) in [6.45, 7) is 8.34. The largest absolute Gasteiger partial charge is 0.327 e. The van der Waals surface area contributed by atoms with E-state index in [0.29, 0.717) is 11.3 Å². The molecule has 0 fully saturated rings. The van der Waals surface area contributed by atoms with Gasteiger partial charge in [-0.15, -0.1) is 0 Å². The third-order valence-corrected chi connectivity index (χ3v) is 4.68. The highest BCUT2D eigenvalue weighted by molar-refractivity contribution is 6.73. The van der Waals surface area contributed by atoms with E-state index in [4.69, 9.17) is 0 Å². The van der Waals surface area contributed by atoms with Crippen molar-refractivity contribution in [1.82, 2.24) is 4.67 Å². The van der Waals surface area contributed by atoms with Crippen LogP contribution in [0.15, 0.2) is 35.4 Å². The van der Waals surface area contributed by atoms with E-state index >= 15 is 0 Å². The zero-order valence-corrected chi connectivity index (χ0v) is 12.2. The molecule has 0 bridgehead atoms. The van der Waals surface area contributed by atoms with E-state index in [1.807, 2.05) is 42.1 Å². The van der Waals surface area contributed by atoms with Gasteiger partial charge in [-0.25, -0.2) is 0 Å². The van der Waals surface area contributed by atoms with Gasteiger partial charge in [0.2, 0.25) is 5.78 Å². The van der Waals surface area contributed by atoms with Crippen LogP contribution >= 0.6 is 0 Å². The molecule has 0 aliphatic rings. The summed E-state index contributed by atoms with van der Waals surface area (Å²) in [4.78, 5) is 12.1. The van der Waals surface area contributed by atoms with Gasteiger partial charge in [-0.3, -0.25) is 4.79 Å². The molecule has 0 radical (unpaired) electrons. The fourth-order valence-corrected chi connectivity index (χ4v) is 1.67. The molecule has 0 unspecified atom stereocenters. The van der Waals surface area contributed by atoms with Gasteiger partial charge < -0.3 is 4.67 Å². The van der Waals surface area contributed by atoms with Crippen molar-refractivity contribution < 1.29 is 4.79 Å². The van der Waals surface area contributed by atoms with Crippen LogP contribution < -0.4 is 0 Å². The van der Waals surface area contributed by atoms with Crippen molar-refractivity contribution in [3.8, 4) is 0 Å². The molecular formula is C13H20N2OSi. The van der Waals surface area contributed by atoms with Gasteiger partial charge in [-0.2, -0.15) is 5.10 Å². The number of carbonyl (C=O) groups is 1. The van der Waals surface area contributed by atoms with Gasteiger partial charge in [-0.05, 0) is 6.92 Å². The van der Waals surface area contributed by atoms with Crippen LogP contribution in [0.3, 0.4) is 0 Å². The minimum Gasteiger partial charge on any atom is -0.327 e. The van der Waals surface area contributed by atoms with E-state index in [1.165, 1.54) is 0 Å². The Morgan fingerprint density at radius 2 is 1.71 bits per heavy atom. The molecule has 0 aliphatic carbocycles. The first-order chi connectivity index (χ1) is 7.82. The van der Waals surface area contributed by atoms with Crippen molar-refractivity contribution in [3.63, 3.8) is 0 Å². The molecular weight excluding hydrogens is 228 g/mol. The maximum absolute atomic E-state index is 12.1. The maximum Gasteiger partial charge on any atom is 0.208 e. The third-order valence-electron chi connectivity index (χ3n) is 2.64. The summed E-state index contributed by atoms with van der Waals surface area (Å²) in [6.07, 6.45) is 0. The van der Waals surface area contributed by atoms with Crippen LogP contribution in [0.1, 0.15) is 17.3 Å². The van der Waals surface area contributed by atoms with Crippen molar-refractivity contribution in [2.45, 2.75) is 26.6 Å². The Hall–Kier alpha value is -1.42. The number of carbonyl (C=O) groups excluding carboxylic acids is 1.